The first-order chi connectivity index (χ1) is 7.66. The summed E-state index contributed by atoms with van der Waals surface area (Å²) in [5.74, 6) is 0.763. The minimum atomic E-state index is 0.0172. The van der Waals surface area contributed by atoms with Crippen LogP contribution in [0.15, 0.2) is 12.1 Å². The van der Waals surface area contributed by atoms with Crippen LogP contribution in [0.2, 0.25) is 0 Å². The van der Waals surface area contributed by atoms with Gasteiger partial charge in [-0.1, -0.05) is 6.07 Å². The average Bonchev–Trinajstić information content (AvgIpc) is 2.64. The van der Waals surface area contributed by atoms with E-state index in [1.165, 1.54) is 12.0 Å². The maximum absolute atomic E-state index is 9.87. The summed E-state index contributed by atoms with van der Waals surface area (Å²) in [7, 11) is 2.18. The Kier molecular flexibility index (Phi) is 2.11. The van der Waals surface area contributed by atoms with Crippen LogP contribution < -0.4 is 0 Å². The van der Waals surface area contributed by atoms with Crippen LogP contribution in [0.25, 0.3) is 0 Å². The van der Waals surface area contributed by atoms with Gasteiger partial charge in [-0.2, -0.15) is 0 Å². The van der Waals surface area contributed by atoms with Crippen molar-refractivity contribution in [3.05, 3.63) is 23.3 Å². The second-order valence-corrected chi connectivity index (χ2v) is 5.08. The van der Waals surface area contributed by atoms with E-state index in [0.29, 0.717) is 12.0 Å². The van der Waals surface area contributed by atoms with E-state index in [-0.39, 0.29) is 11.5 Å². The maximum atomic E-state index is 9.87. The Labute approximate surface area is 95.3 Å². The molecular weight excluding hydrogens is 202 g/mol. The summed E-state index contributed by atoms with van der Waals surface area (Å²) in [6, 6.07) is 4.17. The van der Waals surface area contributed by atoms with Crippen LogP contribution >= 0.6 is 0 Å². The molecular formula is C13H17NO2. The highest BCUT2D eigenvalue weighted by atomic mass is 16.3. The smallest absolute Gasteiger partial charge is 0.160 e. The molecule has 0 aromatic heterocycles. The Morgan fingerprint density at radius 2 is 2.06 bits per heavy atom. The van der Waals surface area contributed by atoms with Crippen molar-refractivity contribution in [1.82, 2.24) is 4.90 Å². The Bertz CT molecular complexity index is 430. The summed E-state index contributed by atoms with van der Waals surface area (Å²) in [4.78, 5) is 2.41. The number of hydrogen-bond acceptors (Lipinski definition) is 3. The zero-order chi connectivity index (χ0) is 11.3. The third-order valence-electron chi connectivity index (χ3n) is 4.22. The van der Waals surface area contributed by atoms with Crippen LogP contribution in [-0.4, -0.2) is 34.7 Å². The summed E-state index contributed by atoms with van der Waals surface area (Å²) in [6.07, 6.45) is 3.12. The monoisotopic (exact) mass is 219 g/mol. The number of phenolic OH excluding ortho intramolecular Hbond substituents is 2. The zero-order valence-electron chi connectivity index (χ0n) is 9.48. The molecule has 1 unspecified atom stereocenters. The molecule has 1 aliphatic heterocycles. The van der Waals surface area contributed by atoms with Gasteiger partial charge in [0, 0.05) is 11.6 Å². The molecule has 1 heterocycles. The van der Waals surface area contributed by atoms with Crippen molar-refractivity contribution < 1.29 is 10.2 Å². The number of nitrogens with zero attached hydrogens (tertiary/aromatic N) is 1. The van der Waals surface area contributed by atoms with E-state index in [4.69, 9.17) is 0 Å². The molecule has 0 radical (unpaired) electrons. The Balaban J connectivity index is 2.02. The number of rotatable bonds is 0. The number of aromatic hydroxyl groups is 2. The van der Waals surface area contributed by atoms with Crippen LogP contribution in [0.3, 0.4) is 0 Å². The summed E-state index contributed by atoms with van der Waals surface area (Å²) in [6.45, 7) is 1.15. The van der Waals surface area contributed by atoms with E-state index in [1.807, 2.05) is 6.07 Å². The van der Waals surface area contributed by atoms with Crippen molar-refractivity contribution in [2.75, 3.05) is 13.6 Å². The van der Waals surface area contributed by atoms with E-state index in [9.17, 15) is 10.2 Å². The number of phenols is 2. The van der Waals surface area contributed by atoms with E-state index in [1.54, 1.807) is 6.07 Å². The van der Waals surface area contributed by atoms with Gasteiger partial charge in [-0.3, -0.25) is 0 Å². The standard InChI is InChI=1S/C13H17NO2/c1-14-5-4-9-6-10-8(7-11(9)14)2-3-12(15)13(10)16/h2-3,9,11,15-16H,4-7H2,1H3/t9-,11?/m1/s1. The molecule has 1 aromatic carbocycles. The summed E-state index contributed by atoms with van der Waals surface area (Å²) < 4.78 is 0. The molecule has 1 aliphatic carbocycles. The normalized spacial score (nSPS) is 28.8. The van der Waals surface area contributed by atoms with Crippen molar-refractivity contribution in [3.63, 3.8) is 0 Å². The second-order valence-electron chi connectivity index (χ2n) is 5.08. The highest BCUT2D eigenvalue weighted by Crippen LogP contribution is 2.41. The summed E-state index contributed by atoms with van der Waals surface area (Å²) in [5.41, 5.74) is 2.17. The largest absolute Gasteiger partial charge is 0.504 e. The molecule has 3 heteroatoms. The van der Waals surface area contributed by atoms with Gasteiger partial charge in [0.2, 0.25) is 0 Å². The SMILES string of the molecule is CN1CC[C@@H]2Cc3c(ccc(O)c3O)CC21. The predicted octanol–water partition coefficient (Wildman–Crippen LogP) is 1.52. The van der Waals surface area contributed by atoms with E-state index >= 15 is 0 Å². The number of likely N-dealkylation sites (N-methyl/N-ethyl adjacent to an activating group) is 1. The highest BCUT2D eigenvalue weighted by molar-refractivity contribution is 5.50. The molecule has 1 fully saturated rings. The molecule has 86 valence electrons. The predicted molar refractivity (Wildman–Crippen MR) is 61.7 cm³/mol. The molecule has 0 amide bonds. The third kappa shape index (κ3) is 1.31. The first-order valence-electron chi connectivity index (χ1n) is 5.89. The zero-order valence-corrected chi connectivity index (χ0v) is 9.48. The molecule has 2 N–H and O–H groups in total. The molecule has 0 saturated carbocycles. The van der Waals surface area contributed by atoms with Crippen LogP contribution in [0.1, 0.15) is 17.5 Å². The van der Waals surface area contributed by atoms with Crippen molar-refractivity contribution in [1.29, 1.82) is 0 Å². The van der Waals surface area contributed by atoms with E-state index < -0.39 is 0 Å². The van der Waals surface area contributed by atoms with Crippen molar-refractivity contribution in [2.45, 2.75) is 25.3 Å². The first kappa shape index (κ1) is 9.97. The average molecular weight is 219 g/mol. The lowest BCUT2D eigenvalue weighted by atomic mass is 9.80. The summed E-state index contributed by atoms with van der Waals surface area (Å²) >= 11 is 0. The first-order valence-corrected chi connectivity index (χ1v) is 5.89. The molecule has 0 bridgehead atoms. The van der Waals surface area contributed by atoms with Gasteiger partial charge in [-0.05, 0) is 50.4 Å². The fourth-order valence-corrected chi connectivity index (χ4v) is 3.22. The topological polar surface area (TPSA) is 43.7 Å². The molecule has 1 saturated heterocycles. The molecule has 2 aliphatic rings. The van der Waals surface area contributed by atoms with Gasteiger partial charge in [0.25, 0.3) is 0 Å². The fraction of sp³-hybridized carbons (Fsp3) is 0.538. The minimum Gasteiger partial charge on any atom is -0.504 e. The Morgan fingerprint density at radius 1 is 1.25 bits per heavy atom. The molecule has 3 nitrogen and oxygen atoms in total. The number of hydrogen-bond donors (Lipinski definition) is 2. The van der Waals surface area contributed by atoms with Crippen molar-refractivity contribution in [2.24, 2.45) is 5.92 Å². The molecule has 2 atom stereocenters. The summed E-state index contributed by atoms with van der Waals surface area (Å²) in [5, 5.41) is 19.4. The van der Waals surface area contributed by atoms with Crippen LogP contribution in [0, 0.1) is 5.92 Å². The second kappa shape index (κ2) is 3.39. The minimum absolute atomic E-state index is 0.0172. The number of fused-ring (bicyclic) bond motifs is 2. The molecule has 16 heavy (non-hydrogen) atoms. The van der Waals surface area contributed by atoms with Gasteiger partial charge in [-0.25, -0.2) is 0 Å². The van der Waals surface area contributed by atoms with Gasteiger partial charge >= 0.3 is 0 Å². The molecule has 1 aromatic rings. The highest BCUT2D eigenvalue weighted by Gasteiger charge is 2.37. The Morgan fingerprint density at radius 3 is 2.88 bits per heavy atom. The van der Waals surface area contributed by atoms with Crippen LogP contribution in [0.4, 0.5) is 0 Å². The van der Waals surface area contributed by atoms with Gasteiger partial charge in [0.15, 0.2) is 11.5 Å². The maximum Gasteiger partial charge on any atom is 0.160 e. The lowest BCUT2D eigenvalue weighted by Crippen LogP contribution is -2.35. The number of likely N-dealkylation sites (tertiary alicyclic amines) is 1. The van der Waals surface area contributed by atoms with Gasteiger partial charge in [0.05, 0.1) is 0 Å². The van der Waals surface area contributed by atoms with Gasteiger partial charge in [-0.15, -0.1) is 0 Å². The quantitative estimate of drug-likeness (QED) is 0.650. The van der Waals surface area contributed by atoms with E-state index in [2.05, 4.69) is 11.9 Å². The van der Waals surface area contributed by atoms with E-state index in [0.717, 1.165) is 24.9 Å². The lowest BCUT2D eigenvalue weighted by molar-refractivity contribution is 0.256. The fourth-order valence-electron chi connectivity index (χ4n) is 3.22. The Hall–Kier alpha value is -1.22. The van der Waals surface area contributed by atoms with Crippen LogP contribution in [-0.2, 0) is 12.8 Å². The lowest BCUT2D eigenvalue weighted by Gasteiger charge is -2.31. The van der Waals surface area contributed by atoms with Crippen molar-refractivity contribution >= 4 is 0 Å². The van der Waals surface area contributed by atoms with Crippen molar-refractivity contribution in [3.8, 4) is 11.5 Å². The number of benzene rings is 1. The molecule has 3 rings (SSSR count). The molecule has 0 spiro atoms. The third-order valence-corrected chi connectivity index (χ3v) is 4.22. The van der Waals surface area contributed by atoms with Gasteiger partial charge in [0.1, 0.15) is 0 Å². The van der Waals surface area contributed by atoms with Gasteiger partial charge < -0.3 is 15.1 Å². The van der Waals surface area contributed by atoms with Crippen LogP contribution in [0.5, 0.6) is 11.5 Å².